The van der Waals surface area contributed by atoms with Gasteiger partial charge in [-0.2, -0.15) is 5.26 Å². The summed E-state index contributed by atoms with van der Waals surface area (Å²) in [6, 6.07) is 1.87. The fraction of sp³-hybridized carbons (Fsp3) is 0.400. The van der Waals surface area contributed by atoms with Gasteiger partial charge < -0.3 is 0 Å². The van der Waals surface area contributed by atoms with Crippen molar-refractivity contribution in [2.24, 2.45) is 0 Å². The van der Waals surface area contributed by atoms with Gasteiger partial charge >= 0.3 is 0 Å². The summed E-state index contributed by atoms with van der Waals surface area (Å²) in [7, 11) is 0. The molecule has 0 saturated carbocycles. The Morgan fingerprint density at radius 2 is 2.27 bits per heavy atom. The molecule has 0 N–H and O–H groups in total. The minimum Gasteiger partial charge on any atom is -0.259 e. The fourth-order valence-electron chi connectivity index (χ4n) is 1.35. The maximum atomic E-state index is 12.6. The molecule has 1 aromatic heterocycles. The lowest BCUT2D eigenvalue weighted by Crippen LogP contribution is -2.03. The van der Waals surface area contributed by atoms with Crippen molar-refractivity contribution in [1.82, 2.24) is 4.98 Å². The van der Waals surface area contributed by atoms with Gasteiger partial charge in [0.2, 0.25) is 0 Å². The second kappa shape index (κ2) is 5.04. The highest BCUT2D eigenvalue weighted by Crippen LogP contribution is 2.26. The molecule has 0 bridgehead atoms. The van der Waals surface area contributed by atoms with Crippen LogP contribution in [-0.4, -0.2) is 4.98 Å². The van der Waals surface area contributed by atoms with E-state index in [0.717, 1.165) is 6.20 Å². The molecule has 0 fully saturated rings. The summed E-state index contributed by atoms with van der Waals surface area (Å²) in [6.45, 7) is 1.66. The van der Waals surface area contributed by atoms with Crippen LogP contribution in [-0.2, 0) is 12.3 Å². The first-order valence-electron chi connectivity index (χ1n) is 4.30. The Kier molecular flexibility index (Phi) is 3.98. The number of aromatic nitrogens is 1. The number of rotatable bonds is 3. The largest absolute Gasteiger partial charge is 0.265 e. The van der Waals surface area contributed by atoms with Crippen molar-refractivity contribution in [2.45, 2.75) is 25.7 Å². The molecule has 0 unspecified atom stereocenters. The van der Waals surface area contributed by atoms with Crippen LogP contribution in [0.15, 0.2) is 6.20 Å². The van der Waals surface area contributed by atoms with Gasteiger partial charge in [0.15, 0.2) is 0 Å². The summed E-state index contributed by atoms with van der Waals surface area (Å²) in [6.07, 6.45) is -1.55. The summed E-state index contributed by atoms with van der Waals surface area (Å²) >= 11 is 5.60. The van der Waals surface area contributed by atoms with E-state index in [-0.39, 0.29) is 17.9 Å². The van der Waals surface area contributed by atoms with E-state index in [1.165, 1.54) is 0 Å². The second-order valence-electron chi connectivity index (χ2n) is 3.03. The molecular formula is C10H9ClF2N2. The minimum atomic E-state index is -2.61. The van der Waals surface area contributed by atoms with E-state index >= 15 is 0 Å². The van der Waals surface area contributed by atoms with Gasteiger partial charge in [0.05, 0.1) is 24.1 Å². The highest BCUT2D eigenvalue weighted by molar-refractivity contribution is 6.17. The molecule has 80 valence electrons. The smallest absolute Gasteiger partial charge is 0.259 e. The van der Waals surface area contributed by atoms with Crippen molar-refractivity contribution in [3.8, 4) is 6.07 Å². The first kappa shape index (κ1) is 11.9. The third-order valence-corrected chi connectivity index (χ3v) is 2.46. The van der Waals surface area contributed by atoms with Crippen molar-refractivity contribution in [3.05, 3.63) is 28.6 Å². The average molecular weight is 231 g/mol. The molecule has 0 atom stereocenters. The Labute approximate surface area is 91.5 Å². The second-order valence-corrected chi connectivity index (χ2v) is 3.30. The Morgan fingerprint density at radius 1 is 1.60 bits per heavy atom. The molecule has 0 spiro atoms. The van der Waals surface area contributed by atoms with Crippen LogP contribution in [0.25, 0.3) is 0 Å². The molecule has 0 radical (unpaired) electrons. The molecule has 15 heavy (non-hydrogen) atoms. The molecular weight excluding hydrogens is 222 g/mol. The lowest BCUT2D eigenvalue weighted by molar-refractivity contribution is 0.150. The van der Waals surface area contributed by atoms with Gasteiger partial charge in [-0.15, -0.1) is 11.6 Å². The molecule has 0 aliphatic heterocycles. The SMILES string of the molecule is Cc1c(CCl)ncc(C(F)F)c1CC#N. The molecule has 1 aromatic rings. The number of nitriles is 1. The van der Waals surface area contributed by atoms with E-state index in [0.29, 0.717) is 16.8 Å². The third-order valence-electron chi connectivity index (χ3n) is 2.21. The molecule has 0 saturated heterocycles. The number of hydrogen-bond acceptors (Lipinski definition) is 2. The van der Waals surface area contributed by atoms with E-state index in [1.54, 1.807) is 6.92 Å². The van der Waals surface area contributed by atoms with Gasteiger partial charge in [-0.1, -0.05) is 0 Å². The van der Waals surface area contributed by atoms with Crippen molar-refractivity contribution in [3.63, 3.8) is 0 Å². The standard InChI is InChI=1S/C10H9ClF2N2/c1-6-7(2-3-14)8(10(12)13)5-15-9(6)4-11/h5,10H,2,4H2,1H3. The van der Waals surface area contributed by atoms with E-state index < -0.39 is 6.43 Å². The molecule has 0 aliphatic rings. The predicted molar refractivity (Wildman–Crippen MR) is 52.8 cm³/mol. The predicted octanol–water partition coefficient (Wildman–Crippen LogP) is 3.13. The van der Waals surface area contributed by atoms with E-state index in [2.05, 4.69) is 4.98 Å². The summed E-state index contributed by atoms with van der Waals surface area (Å²) in [5.74, 6) is 0.160. The molecule has 2 nitrogen and oxygen atoms in total. The van der Waals surface area contributed by atoms with Crippen molar-refractivity contribution in [1.29, 1.82) is 5.26 Å². The van der Waals surface area contributed by atoms with Gasteiger partial charge in [0, 0.05) is 11.8 Å². The minimum absolute atomic E-state index is 0.0437. The van der Waals surface area contributed by atoms with Crippen molar-refractivity contribution >= 4 is 11.6 Å². The average Bonchev–Trinajstić information content (AvgIpc) is 2.20. The maximum absolute atomic E-state index is 12.6. The van der Waals surface area contributed by atoms with Crippen LogP contribution in [0, 0.1) is 18.3 Å². The van der Waals surface area contributed by atoms with E-state index in [9.17, 15) is 8.78 Å². The van der Waals surface area contributed by atoms with Crippen LogP contribution in [0.1, 0.15) is 28.8 Å². The number of alkyl halides is 3. The van der Waals surface area contributed by atoms with Gasteiger partial charge in [0.1, 0.15) is 0 Å². The number of pyridine rings is 1. The van der Waals surface area contributed by atoms with E-state index in [4.69, 9.17) is 16.9 Å². The third kappa shape index (κ3) is 2.42. The molecule has 1 rings (SSSR count). The molecule has 0 aliphatic carbocycles. The molecule has 0 aromatic carbocycles. The monoisotopic (exact) mass is 230 g/mol. The number of hydrogen-bond donors (Lipinski definition) is 0. The zero-order valence-electron chi connectivity index (χ0n) is 8.10. The zero-order valence-corrected chi connectivity index (χ0v) is 8.85. The Bertz CT molecular complexity index is 399. The Balaban J connectivity index is 3.32. The summed E-state index contributed by atoms with van der Waals surface area (Å²) in [5, 5.41) is 8.57. The Morgan fingerprint density at radius 3 is 2.73 bits per heavy atom. The molecule has 5 heteroatoms. The Hall–Kier alpha value is -1.21. The zero-order chi connectivity index (χ0) is 11.4. The molecule has 0 amide bonds. The van der Waals surface area contributed by atoms with Crippen LogP contribution in [0.3, 0.4) is 0 Å². The van der Waals surface area contributed by atoms with Crippen LogP contribution in [0.2, 0.25) is 0 Å². The quantitative estimate of drug-likeness (QED) is 0.748. The summed E-state index contributed by atoms with van der Waals surface area (Å²) < 4.78 is 25.2. The summed E-state index contributed by atoms with van der Waals surface area (Å²) in [4.78, 5) is 3.84. The maximum Gasteiger partial charge on any atom is 0.265 e. The topological polar surface area (TPSA) is 36.7 Å². The highest BCUT2D eigenvalue weighted by Gasteiger charge is 2.17. The normalized spacial score (nSPS) is 10.4. The lowest BCUT2D eigenvalue weighted by atomic mass is 10.0. The summed E-state index contributed by atoms with van der Waals surface area (Å²) in [5.41, 5.74) is 1.30. The molecule has 1 heterocycles. The van der Waals surface area contributed by atoms with Crippen LogP contribution in [0.5, 0.6) is 0 Å². The van der Waals surface area contributed by atoms with Gasteiger partial charge in [-0.25, -0.2) is 8.78 Å². The van der Waals surface area contributed by atoms with Gasteiger partial charge in [-0.05, 0) is 18.1 Å². The van der Waals surface area contributed by atoms with Gasteiger partial charge in [0.25, 0.3) is 6.43 Å². The lowest BCUT2D eigenvalue weighted by Gasteiger charge is -2.11. The van der Waals surface area contributed by atoms with Gasteiger partial charge in [-0.3, -0.25) is 4.98 Å². The first-order valence-corrected chi connectivity index (χ1v) is 4.83. The number of nitrogens with zero attached hydrogens (tertiary/aromatic N) is 2. The highest BCUT2D eigenvalue weighted by atomic mass is 35.5. The van der Waals surface area contributed by atoms with E-state index in [1.807, 2.05) is 6.07 Å². The van der Waals surface area contributed by atoms with Crippen LogP contribution >= 0.6 is 11.6 Å². The van der Waals surface area contributed by atoms with Crippen molar-refractivity contribution < 1.29 is 8.78 Å². The van der Waals surface area contributed by atoms with Crippen molar-refractivity contribution in [2.75, 3.05) is 0 Å². The number of halogens is 3. The van der Waals surface area contributed by atoms with Crippen LogP contribution in [0.4, 0.5) is 8.78 Å². The fourth-order valence-corrected chi connectivity index (χ4v) is 1.62. The first-order chi connectivity index (χ1) is 7.11. The van der Waals surface area contributed by atoms with Crippen LogP contribution < -0.4 is 0 Å².